The number of nitrogens with two attached hydrogens (primary N) is 1. The van der Waals surface area contributed by atoms with Crippen molar-refractivity contribution in [3.8, 4) is 17.0 Å². The summed E-state index contributed by atoms with van der Waals surface area (Å²) in [5, 5.41) is 9.44. The third-order valence-corrected chi connectivity index (χ3v) is 2.65. The number of nitrogen functional groups attached to an aromatic ring is 1. The van der Waals surface area contributed by atoms with Crippen molar-refractivity contribution in [2.45, 2.75) is 0 Å². The van der Waals surface area contributed by atoms with Crippen LogP contribution in [0.25, 0.3) is 16.9 Å². The first kappa shape index (κ1) is 9.72. The van der Waals surface area contributed by atoms with E-state index in [4.69, 9.17) is 5.73 Å². The van der Waals surface area contributed by atoms with Gasteiger partial charge in [0.15, 0.2) is 5.65 Å². The molecule has 0 atom stereocenters. The summed E-state index contributed by atoms with van der Waals surface area (Å²) in [6, 6.07) is 10.7. The first-order valence-corrected chi connectivity index (χ1v) is 5.26. The molecule has 84 valence electrons. The van der Waals surface area contributed by atoms with Crippen LogP contribution in [0.3, 0.4) is 0 Å². The molecule has 4 nitrogen and oxygen atoms in total. The molecule has 0 unspecified atom stereocenters. The van der Waals surface area contributed by atoms with Gasteiger partial charge in [0.25, 0.3) is 0 Å². The van der Waals surface area contributed by atoms with Gasteiger partial charge in [0.1, 0.15) is 5.75 Å². The van der Waals surface area contributed by atoms with Crippen molar-refractivity contribution in [1.29, 1.82) is 0 Å². The Balaban J connectivity index is 2.22. The van der Waals surface area contributed by atoms with Gasteiger partial charge >= 0.3 is 0 Å². The van der Waals surface area contributed by atoms with E-state index in [1.807, 2.05) is 35.0 Å². The van der Waals surface area contributed by atoms with Gasteiger partial charge in [-0.05, 0) is 24.3 Å². The third-order valence-electron chi connectivity index (χ3n) is 2.65. The molecule has 3 rings (SSSR count). The van der Waals surface area contributed by atoms with Crippen LogP contribution in [0.4, 0.5) is 5.69 Å². The molecule has 0 aliphatic heterocycles. The van der Waals surface area contributed by atoms with Crippen molar-refractivity contribution in [1.82, 2.24) is 9.38 Å². The molecule has 0 amide bonds. The van der Waals surface area contributed by atoms with Gasteiger partial charge in [0, 0.05) is 18.0 Å². The number of fused-ring (bicyclic) bond motifs is 1. The number of phenolic OH excluding ortho intramolecular Hbond substituents is 1. The van der Waals surface area contributed by atoms with Gasteiger partial charge in [0.2, 0.25) is 0 Å². The molecule has 0 spiro atoms. The zero-order valence-corrected chi connectivity index (χ0v) is 9.04. The summed E-state index contributed by atoms with van der Waals surface area (Å²) >= 11 is 0. The van der Waals surface area contributed by atoms with Gasteiger partial charge in [0.05, 0.1) is 11.4 Å². The van der Waals surface area contributed by atoms with Crippen molar-refractivity contribution < 1.29 is 5.11 Å². The number of hydrogen-bond acceptors (Lipinski definition) is 3. The molecule has 4 heteroatoms. The lowest BCUT2D eigenvalue weighted by Gasteiger charge is -1.96. The number of benzene rings is 1. The quantitative estimate of drug-likeness (QED) is 0.667. The molecule has 2 heterocycles. The second-order valence-corrected chi connectivity index (χ2v) is 3.87. The summed E-state index contributed by atoms with van der Waals surface area (Å²) in [7, 11) is 0. The van der Waals surface area contributed by atoms with Gasteiger partial charge in [-0.3, -0.25) is 0 Å². The summed E-state index contributed by atoms with van der Waals surface area (Å²) in [4.78, 5) is 4.45. The predicted octanol–water partition coefficient (Wildman–Crippen LogP) is 2.29. The molecule has 17 heavy (non-hydrogen) atoms. The molecular weight excluding hydrogens is 214 g/mol. The van der Waals surface area contributed by atoms with Gasteiger partial charge < -0.3 is 15.2 Å². The van der Waals surface area contributed by atoms with Crippen LogP contribution in [-0.4, -0.2) is 14.5 Å². The maximum atomic E-state index is 9.44. The highest BCUT2D eigenvalue weighted by molar-refractivity contribution is 5.71. The van der Waals surface area contributed by atoms with Gasteiger partial charge in [-0.25, -0.2) is 4.98 Å². The van der Waals surface area contributed by atoms with Crippen LogP contribution in [0.15, 0.2) is 48.8 Å². The Morgan fingerprint density at radius 3 is 2.82 bits per heavy atom. The lowest BCUT2D eigenvalue weighted by Crippen LogP contribution is -1.90. The van der Waals surface area contributed by atoms with E-state index in [0.29, 0.717) is 5.69 Å². The van der Waals surface area contributed by atoms with E-state index in [1.54, 1.807) is 18.2 Å². The highest BCUT2D eigenvalue weighted by atomic mass is 16.3. The Morgan fingerprint density at radius 2 is 2.06 bits per heavy atom. The minimum absolute atomic E-state index is 0.229. The van der Waals surface area contributed by atoms with Crippen molar-refractivity contribution >= 4 is 11.3 Å². The molecule has 1 aromatic carbocycles. The van der Waals surface area contributed by atoms with Crippen LogP contribution < -0.4 is 5.73 Å². The second-order valence-electron chi connectivity index (χ2n) is 3.87. The average molecular weight is 225 g/mol. The number of nitrogens with zero attached hydrogens (tertiary/aromatic N) is 2. The minimum Gasteiger partial charge on any atom is -0.508 e. The Labute approximate surface area is 98.0 Å². The Kier molecular flexibility index (Phi) is 2.01. The first-order valence-electron chi connectivity index (χ1n) is 5.26. The maximum Gasteiger partial charge on any atom is 0.160 e. The zero-order chi connectivity index (χ0) is 11.8. The van der Waals surface area contributed by atoms with Crippen LogP contribution >= 0.6 is 0 Å². The summed E-state index contributed by atoms with van der Waals surface area (Å²) in [5.41, 5.74) is 8.87. The number of rotatable bonds is 1. The Morgan fingerprint density at radius 1 is 1.18 bits per heavy atom. The Bertz CT molecular complexity index is 688. The second kappa shape index (κ2) is 3.52. The molecular formula is C13H11N3O. The van der Waals surface area contributed by atoms with Crippen LogP contribution in [0.5, 0.6) is 5.75 Å². The number of aromatic hydroxyl groups is 1. The average Bonchev–Trinajstić information content (AvgIpc) is 2.74. The van der Waals surface area contributed by atoms with E-state index in [9.17, 15) is 5.11 Å². The van der Waals surface area contributed by atoms with Crippen molar-refractivity contribution in [3.05, 3.63) is 48.8 Å². The number of anilines is 1. The summed E-state index contributed by atoms with van der Waals surface area (Å²) in [6.07, 6.45) is 3.78. The third kappa shape index (κ3) is 1.59. The fraction of sp³-hybridized carbons (Fsp3) is 0. The van der Waals surface area contributed by atoms with E-state index in [-0.39, 0.29) is 5.75 Å². The maximum absolute atomic E-state index is 9.44. The minimum atomic E-state index is 0.229. The number of imidazole rings is 1. The van der Waals surface area contributed by atoms with E-state index >= 15 is 0 Å². The van der Waals surface area contributed by atoms with Crippen molar-refractivity contribution in [3.63, 3.8) is 0 Å². The van der Waals surface area contributed by atoms with Gasteiger partial charge in [-0.2, -0.15) is 0 Å². The number of phenols is 1. The summed E-state index contributed by atoms with van der Waals surface area (Å²) in [6.45, 7) is 0. The molecule has 0 saturated carbocycles. The van der Waals surface area contributed by atoms with E-state index in [0.717, 1.165) is 16.9 Å². The number of pyridine rings is 1. The molecule has 0 fully saturated rings. The number of aromatic nitrogens is 2. The van der Waals surface area contributed by atoms with Crippen molar-refractivity contribution in [2.75, 3.05) is 5.73 Å². The van der Waals surface area contributed by atoms with Crippen molar-refractivity contribution in [2.24, 2.45) is 0 Å². The SMILES string of the molecule is Nc1cccn2cc(-c3cccc(O)c3)nc12. The van der Waals surface area contributed by atoms with E-state index < -0.39 is 0 Å². The fourth-order valence-electron chi connectivity index (χ4n) is 1.84. The van der Waals surface area contributed by atoms with Crippen LogP contribution in [0, 0.1) is 0 Å². The highest BCUT2D eigenvalue weighted by Gasteiger charge is 2.06. The monoisotopic (exact) mass is 225 g/mol. The molecule has 0 bridgehead atoms. The molecule has 2 aromatic heterocycles. The van der Waals surface area contributed by atoms with Crippen LogP contribution in [-0.2, 0) is 0 Å². The largest absolute Gasteiger partial charge is 0.508 e. The topological polar surface area (TPSA) is 63.5 Å². The Hall–Kier alpha value is -2.49. The summed E-state index contributed by atoms with van der Waals surface area (Å²) < 4.78 is 1.87. The molecule has 0 saturated heterocycles. The molecule has 0 radical (unpaired) electrons. The molecule has 0 aliphatic carbocycles. The van der Waals surface area contributed by atoms with Crippen LogP contribution in [0.1, 0.15) is 0 Å². The lowest BCUT2D eigenvalue weighted by molar-refractivity contribution is 0.475. The van der Waals surface area contributed by atoms with Gasteiger partial charge in [-0.1, -0.05) is 12.1 Å². The standard InChI is InChI=1S/C13H11N3O/c14-11-5-2-6-16-8-12(15-13(11)16)9-3-1-4-10(17)7-9/h1-8,17H,14H2. The molecule has 0 aliphatic rings. The highest BCUT2D eigenvalue weighted by Crippen LogP contribution is 2.24. The zero-order valence-electron chi connectivity index (χ0n) is 9.04. The molecule has 3 N–H and O–H groups in total. The smallest absolute Gasteiger partial charge is 0.160 e. The lowest BCUT2D eigenvalue weighted by atomic mass is 10.1. The van der Waals surface area contributed by atoms with Gasteiger partial charge in [-0.15, -0.1) is 0 Å². The van der Waals surface area contributed by atoms with E-state index in [1.165, 1.54) is 0 Å². The first-order chi connectivity index (χ1) is 8.24. The van der Waals surface area contributed by atoms with E-state index in [2.05, 4.69) is 4.98 Å². The predicted molar refractivity (Wildman–Crippen MR) is 66.7 cm³/mol. The summed E-state index contributed by atoms with van der Waals surface area (Å²) in [5.74, 6) is 0.229. The van der Waals surface area contributed by atoms with Crippen LogP contribution in [0.2, 0.25) is 0 Å². The normalized spacial score (nSPS) is 10.8. The fourth-order valence-corrected chi connectivity index (χ4v) is 1.84. The number of hydrogen-bond donors (Lipinski definition) is 2. The molecule has 3 aromatic rings.